The van der Waals surface area contributed by atoms with Crippen LogP contribution in [0.25, 0.3) is 0 Å². The number of para-hydroxylation sites is 1. The molecule has 0 aliphatic carbocycles. The summed E-state index contributed by atoms with van der Waals surface area (Å²) in [5, 5.41) is 9.31. The fourth-order valence-electron chi connectivity index (χ4n) is 2.37. The predicted molar refractivity (Wildman–Crippen MR) is 85.4 cm³/mol. The average molecular weight is 279 g/mol. The summed E-state index contributed by atoms with van der Waals surface area (Å²) < 4.78 is 5.90. The van der Waals surface area contributed by atoms with Gasteiger partial charge in [0.1, 0.15) is 5.75 Å². The summed E-state index contributed by atoms with van der Waals surface area (Å²) in [5.41, 5.74) is 2.27. The van der Waals surface area contributed by atoms with Crippen LogP contribution in [0.4, 0.5) is 0 Å². The average Bonchev–Trinajstić information content (AvgIpc) is 2.52. The van der Waals surface area contributed by atoms with Gasteiger partial charge in [0, 0.05) is 6.42 Å². The minimum absolute atomic E-state index is 0.114. The van der Waals surface area contributed by atoms with Crippen LogP contribution in [0.1, 0.15) is 43.2 Å². The van der Waals surface area contributed by atoms with Crippen molar-refractivity contribution in [2.75, 3.05) is 6.61 Å². The molecule has 21 heavy (non-hydrogen) atoms. The number of ether oxygens (including phenoxy) is 1. The summed E-state index contributed by atoms with van der Waals surface area (Å²) in [6, 6.07) is 20.4. The highest BCUT2D eigenvalue weighted by molar-refractivity contribution is 5.35. The molecule has 0 radical (unpaired) electrons. The molecule has 0 amide bonds. The molecule has 2 nitrogen and oxygen atoms in total. The van der Waals surface area contributed by atoms with Gasteiger partial charge in [-0.25, -0.2) is 0 Å². The highest BCUT2D eigenvalue weighted by Crippen LogP contribution is 2.27. The summed E-state index contributed by atoms with van der Waals surface area (Å²) in [6.07, 6.45) is 0.701. The Hall–Kier alpha value is -2.27. The van der Waals surface area contributed by atoms with Gasteiger partial charge in [0.15, 0.2) is 0 Å². The van der Waals surface area contributed by atoms with Crippen molar-refractivity contribution >= 4 is 0 Å². The third-order valence-electron chi connectivity index (χ3n) is 3.56. The largest absolute Gasteiger partial charge is 0.493 e. The van der Waals surface area contributed by atoms with E-state index in [2.05, 4.69) is 26.0 Å². The summed E-state index contributed by atoms with van der Waals surface area (Å²) >= 11 is 0. The molecule has 108 valence electrons. The van der Waals surface area contributed by atoms with Crippen molar-refractivity contribution in [3.63, 3.8) is 0 Å². The Balaban J connectivity index is 1.97. The van der Waals surface area contributed by atoms with Crippen molar-refractivity contribution in [2.24, 2.45) is 0 Å². The van der Waals surface area contributed by atoms with E-state index < -0.39 is 0 Å². The zero-order valence-electron chi connectivity index (χ0n) is 12.6. The first kappa shape index (κ1) is 15.1. The third kappa shape index (κ3) is 4.10. The Morgan fingerprint density at radius 2 is 1.67 bits per heavy atom. The Labute approximate surface area is 127 Å². The van der Waals surface area contributed by atoms with E-state index in [-0.39, 0.29) is 5.92 Å². The molecule has 0 heterocycles. The number of nitrogens with zero attached hydrogens (tertiary/aromatic N) is 1. The maximum atomic E-state index is 9.31. The maximum absolute atomic E-state index is 9.31. The first-order chi connectivity index (χ1) is 10.2. The van der Waals surface area contributed by atoms with Crippen molar-refractivity contribution in [3.8, 4) is 11.8 Å². The zero-order valence-corrected chi connectivity index (χ0v) is 12.6. The number of nitriles is 1. The van der Waals surface area contributed by atoms with E-state index in [0.29, 0.717) is 18.9 Å². The molecule has 2 aromatic rings. The molecule has 0 fully saturated rings. The molecule has 1 unspecified atom stereocenters. The van der Waals surface area contributed by atoms with Crippen LogP contribution in [0, 0.1) is 11.3 Å². The van der Waals surface area contributed by atoms with Gasteiger partial charge in [-0.3, -0.25) is 0 Å². The molecule has 0 spiro atoms. The summed E-state index contributed by atoms with van der Waals surface area (Å²) in [6.45, 7) is 4.87. The molecule has 2 aromatic carbocycles. The van der Waals surface area contributed by atoms with Crippen LogP contribution >= 0.6 is 0 Å². The molecule has 0 N–H and O–H groups in total. The van der Waals surface area contributed by atoms with Crippen molar-refractivity contribution in [2.45, 2.75) is 32.1 Å². The minimum atomic E-state index is -0.114. The quantitative estimate of drug-likeness (QED) is 0.754. The zero-order chi connectivity index (χ0) is 15.1. The Bertz CT molecular complexity index is 598. The smallest absolute Gasteiger partial charge is 0.122 e. The standard InChI is InChI=1S/C19H21NO/c1-15(2)18-10-6-7-11-19(18)21-13-12-17(14-20)16-8-4-3-5-9-16/h3-11,15,17H,12-13H2,1-2H3. The number of hydrogen-bond acceptors (Lipinski definition) is 2. The van der Waals surface area contributed by atoms with E-state index >= 15 is 0 Å². The van der Waals surface area contributed by atoms with E-state index in [1.807, 2.05) is 48.5 Å². The van der Waals surface area contributed by atoms with Crippen LogP contribution in [-0.2, 0) is 0 Å². The topological polar surface area (TPSA) is 33.0 Å². The van der Waals surface area contributed by atoms with E-state index in [1.54, 1.807) is 0 Å². The van der Waals surface area contributed by atoms with E-state index in [0.717, 1.165) is 11.3 Å². The molecular formula is C19H21NO. The van der Waals surface area contributed by atoms with Gasteiger partial charge in [0.25, 0.3) is 0 Å². The predicted octanol–water partition coefficient (Wildman–Crippen LogP) is 4.89. The van der Waals surface area contributed by atoms with Gasteiger partial charge < -0.3 is 4.74 Å². The second-order valence-corrected chi connectivity index (χ2v) is 5.42. The lowest BCUT2D eigenvalue weighted by molar-refractivity contribution is 0.302. The number of rotatable bonds is 6. The molecule has 1 atom stereocenters. The van der Waals surface area contributed by atoms with Gasteiger partial charge in [-0.2, -0.15) is 5.26 Å². The first-order valence-corrected chi connectivity index (χ1v) is 7.38. The second kappa shape index (κ2) is 7.50. The molecule has 0 saturated carbocycles. The van der Waals surface area contributed by atoms with E-state index in [1.165, 1.54) is 5.56 Å². The second-order valence-electron chi connectivity index (χ2n) is 5.42. The van der Waals surface area contributed by atoms with Crippen molar-refractivity contribution in [1.29, 1.82) is 5.26 Å². The van der Waals surface area contributed by atoms with Crippen LogP contribution in [0.15, 0.2) is 54.6 Å². The number of hydrogen-bond donors (Lipinski definition) is 0. The molecule has 0 bridgehead atoms. The molecule has 0 aliphatic rings. The lowest BCUT2D eigenvalue weighted by atomic mass is 9.98. The molecule has 0 aliphatic heterocycles. The highest BCUT2D eigenvalue weighted by Gasteiger charge is 2.11. The van der Waals surface area contributed by atoms with Crippen LogP contribution in [0.3, 0.4) is 0 Å². The number of benzene rings is 2. The SMILES string of the molecule is CC(C)c1ccccc1OCCC(C#N)c1ccccc1. The van der Waals surface area contributed by atoms with Gasteiger partial charge in [-0.05, 0) is 23.1 Å². The first-order valence-electron chi connectivity index (χ1n) is 7.38. The Kier molecular flexibility index (Phi) is 5.40. The fourth-order valence-corrected chi connectivity index (χ4v) is 2.37. The van der Waals surface area contributed by atoms with Gasteiger partial charge in [0.05, 0.1) is 18.6 Å². The van der Waals surface area contributed by atoms with Gasteiger partial charge >= 0.3 is 0 Å². The Morgan fingerprint density at radius 3 is 2.33 bits per heavy atom. The minimum Gasteiger partial charge on any atom is -0.493 e. The van der Waals surface area contributed by atoms with Gasteiger partial charge in [-0.1, -0.05) is 62.4 Å². The van der Waals surface area contributed by atoms with Crippen LogP contribution in [0.5, 0.6) is 5.75 Å². The molecule has 0 saturated heterocycles. The third-order valence-corrected chi connectivity index (χ3v) is 3.56. The summed E-state index contributed by atoms with van der Waals surface area (Å²) in [5.74, 6) is 1.25. The van der Waals surface area contributed by atoms with Gasteiger partial charge in [-0.15, -0.1) is 0 Å². The molecule has 2 heteroatoms. The maximum Gasteiger partial charge on any atom is 0.122 e. The summed E-state index contributed by atoms with van der Waals surface area (Å²) in [4.78, 5) is 0. The van der Waals surface area contributed by atoms with E-state index in [9.17, 15) is 5.26 Å². The molecule has 2 rings (SSSR count). The fraction of sp³-hybridized carbons (Fsp3) is 0.316. The summed E-state index contributed by atoms with van der Waals surface area (Å²) in [7, 11) is 0. The lowest BCUT2D eigenvalue weighted by Crippen LogP contribution is -2.06. The van der Waals surface area contributed by atoms with E-state index in [4.69, 9.17) is 4.74 Å². The Morgan fingerprint density at radius 1 is 1.00 bits per heavy atom. The normalized spacial score (nSPS) is 11.9. The molecule has 0 aromatic heterocycles. The lowest BCUT2D eigenvalue weighted by Gasteiger charge is -2.15. The van der Waals surface area contributed by atoms with Crippen LogP contribution < -0.4 is 4.74 Å². The van der Waals surface area contributed by atoms with Gasteiger partial charge in [0.2, 0.25) is 0 Å². The van der Waals surface area contributed by atoms with Crippen LogP contribution in [0.2, 0.25) is 0 Å². The van der Waals surface area contributed by atoms with Crippen molar-refractivity contribution in [1.82, 2.24) is 0 Å². The monoisotopic (exact) mass is 279 g/mol. The molecular weight excluding hydrogens is 258 g/mol. The van der Waals surface area contributed by atoms with Crippen molar-refractivity contribution < 1.29 is 4.74 Å². The van der Waals surface area contributed by atoms with Crippen LogP contribution in [-0.4, -0.2) is 6.61 Å². The van der Waals surface area contributed by atoms with Crippen molar-refractivity contribution in [3.05, 3.63) is 65.7 Å². The highest BCUT2D eigenvalue weighted by atomic mass is 16.5.